The topological polar surface area (TPSA) is 175 Å². The lowest BCUT2D eigenvalue weighted by Crippen LogP contribution is -2.51. The van der Waals surface area contributed by atoms with Crippen molar-refractivity contribution in [3.63, 3.8) is 0 Å². The highest BCUT2D eigenvalue weighted by atomic mass is 32.1. The van der Waals surface area contributed by atoms with Crippen molar-refractivity contribution < 1.29 is 38.9 Å². The SMILES string of the molecule is CCOc1cc(C=C2C(=O)NC(=S)NC2=O)ccc1O.CCOc1cc(C=C2C(=O)NC(=S)NC2=O)ccc1O. The van der Waals surface area contributed by atoms with Crippen molar-refractivity contribution in [3.05, 3.63) is 58.7 Å². The van der Waals surface area contributed by atoms with Gasteiger partial charge in [0.05, 0.1) is 13.2 Å². The number of thiocarbonyl (C=S) groups is 2. The second kappa shape index (κ2) is 13.3. The van der Waals surface area contributed by atoms with Gasteiger partial charge in [-0.2, -0.15) is 0 Å². The monoisotopic (exact) mass is 584 g/mol. The van der Waals surface area contributed by atoms with Gasteiger partial charge in [-0.05, 0) is 85.8 Å². The van der Waals surface area contributed by atoms with Crippen molar-refractivity contribution in [1.82, 2.24) is 21.3 Å². The maximum absolute atomic E-state index is 11.7. The Balaban J connectivity index is 0.000000220. The van der Waals surface area contributed by atoms with Crippen LogP contribution in [0.3, 0.4) is 0 Å². The van der Waals surface area contributed by atoms with Crippen LogP contribution in [-0.2, 0) is 19.2 Å². The van der Waals surface area contributed by atoms with Gasteiger partial charge in [0.1, 0.15) is 11.1 Å². The van der Waals surface area contributed by atoms with Crippen LogP contribution >= 0.6 is 24.4 Å². The van der Waals surface area contributed by atoms with Crippen molar-refractivity contribution in [3.8, 4) is 23.0 Å². The van der Waals surface area contributed by atoms with Gasteiger partial charge < -0.3 is 19.7 Å². The van der Waals surface area contributed by atoms with Gasteiger partial charge >= 0.3 is 0 Å². The normalized spacial score (nSPS) is 14.7. The van der Waals surface area contributed by atoms with Crippen LogP contribution in [-0.4, -0.2) is 57.3 Å². The number of hydrogen-bond acceptors (Lipinski definition) is 10. The Bertz CT molecular complexity index is 1320. The van der Waals surface area contributed by atoms with Crippen LogP contribution in [0.15, 0.2) is 47.5 Å². The summed E-state index contributed by atoms with van der Waals surface area (Å²) < 4.78 is 10.5. The first kappa shape index (κ1) is 29.7. The zero-order valence-electron chi connectivity index (χ0n) is 21.2. The molecule has 12 nitrogen and oxygen atoms in total. The molecule has 2 heterocycles. The van der Waals surface area contributed by atoms with E-state index in [2.05, 4.69) is 21.3 Å². The molecule has 0 radical (unpaired) electrons. The highest BCUT2D eigenvalue weighted by molar-refractivity contribution is 7.80. The summed E-state index contributed by atoms with van der Waals surface area (Å²) in [6.45, 7) is 4.35. The van der Waals surface area contributed by atoms with Crippen molar-refractivity contribution in [2.45, 2.75) is 13.8 Å². The number of nitrogens with one attached hydrogen (secondary N) is 4. The first-order valence-corrected chi connectivity index (χ1v) is 12.5. The van der Waals surface area contributed by atoms with Crippen molar-refractivity contribution in [2.24, 2.45) is 0 Å². The molecule has 4 amide bonds. The molecule has 0 unspecified atom stereocenters. The molecule has 2 saturated heterocycles. The van der Waals surface area contributed by atoms with E-state index in [9.17, 15) is 29.4 Å². The van der Waals surface area contributed by atoms with Gasteiger partial charge in [0.15, 0.2) is 33.2 Å². The number of rotatable bonds is 6. The summed E-state index contributed by atoms with van der Waals surface area (Å²) in [6, 6.07) is 9.08. The van der Waals surface area contributed by atoms with E-state index in [4.69, 9.17) is 33.9 Å². The van der Waals surface area contributed by atoms with Gasteiger partial charge in [-0.25, -0.2) is 0 Å². The van der Waals surface area contributed by atoms with E-state index in [0.29, 0.717) is 24.3 Å². The summed E-state index contributed by atoms with van der Waals surface area (Å²) in [5.41, 5.74) is 0.984. The van der Waals surface area contributed by atoms with E-state index in [1.54, 1.807) is 38.1 Å². The van der Waals surface area contributed by atoms with Crippen LogP contribution in [0, 0.1) is 0 Å². The quantitative estimate of drug-likeness (QED) is 0.165. The van der Waals surface area contributed by atoms with Crippen molar-refractivity contribution in [2.75, 3.05) is 13.2 Å². The number of ether oxygens (including phenoxy) is 2. The molecule has 0 bridgehead atoms. The summed E-state index contributed by atoms with van der Waals surface area (Å²) in [7, 11) is 0. The lowest BCUT2D eigenvalue weighted by molar-refractivity contribution is -0.124. The molecule has 0 aliphatic carbocycles. The molecule has 2 aliphatic heterocycles. The third kappa shape index (κ3) is 7.61. The maximum atomic E-state index is 11.7. The predicted octanol–water partition coefficient (Wildman–Crippen LogP) is 1.41. The van der Waals surface area contributed by atoms with Crippen LogP contribution in [0.25, 0.3) is 12.2 Å². The molecule has 0 spiro atoms. The molecule has 2 aliphatic rings. The molecular weight excluding hydrogens is 560 g/mol. The predicted molar refractivity (Wildman–Crippen MR) is 152 cm³/mol. The van der Waals surface area contributed by atoms with E-state index in [1.165, 1.54) is 24.3 Å². The van der Waals surface area contributed by atoms with Gasteiger partial charge in [-0.15, -0.1) is 0 Å². The smallest absolute Gasteiger partial charge is 0.263 e. The average molecular weight is 585 g/mol. The van der Waals surface area contributed by atoms with Crippen molar-refractivity contribution in [1.29, 1.82) is 0 Å². The Morgan fingerprint density at radius 1 is 0.650 bits per heavy atom. The third-order valence-corrected chi connectivity index (χ3v) is 5.48. The van der Waals surface area contributed by atoms with Gasteiger partial charge in [-0.3, -0.25) is 40.4 Å². The summed E-state index contributed by atoms with van der Waals surface area (Å²) in [5, 5.41) is 28.5. The van der Waals surface area contributed by atoms with Crippen LogP contribution < -0.4 is 30.7 Å². The van der Waals surface area contributed by atoms with E-state index in [1.807, 2.05) is 0 Å². The lowest BCUT2D eigenvalue weighted by atomic mass is 10.1. The molecule has 14 heteroatoms. The lowest BCUT2D eigenvalue weighted by Gasteiger charge is -2.16. The standard InChI is InChI=1S/2C13H12N2O4S/c2*1-2-19-10-6-7(3-4-9(10)16)5-8-11(17)14-13(20)15-12(8)18/h2*3-6,16H,2H2,1H3,(H2,14,15,17,18,20). The molecule has 208 valence electrons. The van der Waals surface area contributed by atoms with Crippen LogP contribution in [0.1, 0.15) is 25.0 Å². The minimum atomic E-state index is -0.565. The van der Waals surface area contributed by atoms with E-state index >= 15 is 0 Å². The number of phenolic OH excluding ortho intramolecular Hbond substituents is 2. The molecule has 0 atom stereocenters. The van der Waals surface area contributed by atoms with Gasteiger partial charge in [0.2, 0.25) is 0 Å². The minimum Gasteiger partial charge on any atom is -0.504 e. The van der Waals surface area contributed by atoms with E-state index < -0.39 is 23.6 Å². The Hall–Kier alpha value is -4.82. The molecule has 2 fully saturated rings. The molecule has 4 rings (SSSR count). The number of carbonyl (C=O) groups is 4. The molecule has 0 saturated carbocycles. The van der Waals surface area contributed by atoms with Crippen molar-refractivity contribution >= 4 is 70.4 Å². The van der Waals surface area contributed by atoms with E-state index in [0.717, 1.165) is 0 Å². The zero-order chi connectivity index (χ0) is 29.4. The molecule has 2 aromatic carbocycles. The third-order valence-electron chi connectivity index (χ3n) is 5.08. The molecule has 40 heavy (non-hydrogen) atoms. The fourth-order valence-corrected chi connectivity index (χ4v) is 3.70. The summed E-state index contributed by atoms with van der Waals surface area (Å²) in [5.74, 6) is -1.70. The highest BCUT2D eigenvalue weighted by Gasteiger charge is 2.26. The Morgan fingerprint density at radius 2 is 0.975 bits per heavy atom. The fourth-order valence-electron chi connectivity index (χ4n) is 3.33. The molecule has 0 aromatic heterocycles. The number of aromatic hydroxyl groups is 2. The number of amides is 4. The average Bonchev–Trinajstić information content (AvgIpc) is 2.88. The second-order valence-electron chi connectivity index (χ2n) is 7.91. The largest absolute Gasteiger partial charge is 0.504 e. The molecule has 2 aromatic rings. The Labute approximate surface area is 239 Å². The van der Waals surface area contributed by atoms with Crippen LogP contribution in [0.5, 0.6) is 23.0 Å². The van der Waals surface area contributed by atoms with Crippen LogP contribution in [0.4, 0.5) is 0 Å². The van der Waals surface area contributed by atoms with Crippen LogP contribution in [0.2, 0.25) is 0 Å². The zero-order valence-corrected chi connectivity index (χ0v) is 22.8. The summed E-state index contributed by atoms with van der Waals surface area (Å²) in [6.07, 6.45) is 2.79. The van der Waals surface area contributed by atoms with Gasteiger partial charge in [-0.1, -0.05) is 12.1 Å². The van der Waals surface area contributed by atoms with Gasteiger partial charge in [0, 0.05) is 0 Å². The summed E-state index contributed by atoms with van der Waals surface area (Å²) in [4.78, 5) is 46.8. The first-order chi connectivity index (χ1) is 19.0. The number of carbonyl (C=O) groups excluding carboxylic acids is 4. The molecule has 6 N–H and O–H groups in total. The summed E-state index contributed by atoms with van der Waals surface area (Å²) >= 11 is 9.41. The second-order valence-corrected chi connectivity index (χ2v) is 8.73. The fraction of sp³-hybridized carbons (Fsp3) is 0.154. The Morgan fingerprint density at radius 3 is 1.27 bits per heavy atom. The highest BCUT2D eigenvalue weighted by Crippen LogP contribution is 2.29. The first-order valence-electron chi connectivity index (χ1n) is 11.7. The molecular formula is C26H24N4O8S2. The minimum absolute atomic E-state index is 0.00674. The number of benzene rings is 2. The maximum Gasteiger partial charge on any atom is 0.263 e. The van der Waals surface area contributed by atoms with Gasteiger partial charge in [0.25, 0.3) is 23.6 Å². The Kier molecular flexibility index (Phi) is 9.89. The van der Waals surface area contributed by atoms with E-state index in [-0.39, 0.29) is 44.4 Å². The number of hydrogen-bond donors (Lipinski definition) is 6. The number of phenols is 2.